The van der Waals surface area contributed by atoms with Crippen molar-refractivity contribution in [3.8, 4) is 0 Å². The van der Waals surface area contributed by atoms with E-state index in [0.717, 1.165) is 21.0 Å². The van der Waals surface area contributed by atoms with Crippen LogP contribution in [0.1, 0.15) is 17.2 Å². The van der Waals surface area contributed by atoms with E-state index in [4.69, 9.17) is 4.74 Å². The van der Waals surface area contributed by atoms with E-state index in [1.165, 1.54) is 12.0 Å². The number of rotatable bonds is 2. The number of para-hydroxylation sites is 1. The molecule has 4 rings (SSSR count). The summed E-state index contributed by atoms with van der Waals surface area (Å²) >= 11 is 3.46. The summed E-state index contributed by atoms with van der Waals surface area (Å²) in [4.78, 5) is 31.5. The fourth-order valence-electron chi connectivity index (χ4n) is 3.59. The molecule has 0 saturated heterocycles. The first kappa shape index (κ1) is 18.4. The zero-order chi connectivity index (χ0) is 19.7. The zero-order valence-electron chi connectivity index (χ0n) is 15.2. The zero-order valence-corrected chi connectivity index (χ0v) is 16.8. The van der Waals surface area contributed by atoms with Crippen LogP contribution in [0.2, 0.25) is 0 Å². The number of nitrogens with zero attached hydrogens (tertiary/aromatic N) is 2. The molecule has 0 saturated carbocycles. The first-order valence-corrected chi connectivity index (χ1v) is 9.65. The number of ether oxygens (including phenoxy) is 1. The van der Waals surface area contributed by atoms with Gasteiger partial charge in [-0.05, 0) is 41.8 Å². The molecule has 1 N–H and O–H groups in total. The molecular weight excluding hydrogens is 422 g/mol. The van der Waals surface area contributed by atoms with Crippen LogP contribution in [-0.2, 0) is 16.0 Å². The number of pyridine rings is 1. The normalized spacial score (nSPS) is 15.8. The third-order valence-electron chi connectivity index (χ3n) is 4.88. The number of hydrogen-bond donors (Lipinski definition) is 1. The molecule has 0 bridgehead atoms. The van der Waals surface area contributed by atoms with Crippen LogP contribution < -0.4 is 5.32 Å². The summed E-state index contributed by atoms with van der Waals surface area (Å²) in [6.45, 7) is 0.410. The van der Waals surface area contributed by atoms with Crippen LogP contribution >= 0.6 is 15.9 Å². The fraction of sp³-hybridized carbons (Fsp3) is 0.190. The lowest BCUT2D eigenvalue weighted by atomic mass is 9.92. The van der Waals surface area contributed by atoms with Gasteiger partial charge in [-0.25, -0.2) is 4.79 Å². The van der Waals surface area contributed by atoms with Crippen LogP contribution in [0, 0.1) is 0 Å². The summed E-state index contributed by atoms with van der Waals surface area (Å²) in [7, 11) is 1.32. The number of fused-ring (bicyclic) bond motifs is 2. The van der Waals surface area contributed by atoms with Gasteiger partial charge in [-0.2, -0.15) is 0 Å². The van der Waals surface area contributed by atoms with Gasteiger partial charge < -0.3 is 10.1 Å². The van der Waals surface area contributed by atoms with Gasteiger partial charge in [-0.3, -0.25) is 14.7 Å². The second kappa shape index (κ2) is 7.59. The number of nitrogens with one attached hydrogen (secondary N) is 1. The molecule has 142 valence electrons. The molecule has 1 aliphatic heterocycles. The first-order valence-electron chi connectivity index (χ1n) is 8.86. The highest BCUT2D eigenvalue weighted by Crippen LogP contribution is 2.34. The van der Waals surface area contributed by atoms with Gasteiger partial charge in [-0.1, -0.05) is 40.2 Å². The highest BCUT2D eigenvalue weighted by atomic mass is 79.9. The maximum Gasteiger partial charge on any atom is 0.410 e. The van der Waals surface area contributed by atoms with Gasteiger partial charge in [0.2, 0.25) is 0 Å². The molecule has 0 fully saturated rings. The van der Waals surface area contributed by atoms with Crippen molar-refractivity contribution in [2.75, 3.05) is 19.0 Å². The topological polar surface area (TPSA) is 71.5 Å². The van der Waals surface area contributed by atoms with Gasteiger partial charge in [0.25, 0.3) is 5.91 Å². The average molecular weight is 440 g/mol. The van der Waals surface area contributed by atoms with E-state index in [1.807, 2.05) is 42.5 Å². The van der Waals surface area contributed by atoms with Crippen molar-refractivity contribution in [3.05, 3.63) is 70.3 Å². The maximum atomic E-state index is 13.3. The van der Waals surface area contributed by atoms with Crippen LogP contribution in [0.4, 0.5) is 10.5 Å². The van der Waals surface area contributed by atoms with E-state index in [0.29, 0.717) is 24.2 Å². The fourth-order valence-corrected chi connectivity index (χ4v) is 3.97. The second-order valence-electron chi connectivity index (χ2n) is 6.53. The molecule has 1 unspecified atom stereocenters. The monoisotopic (exact) mass is 439 g/mol. The standard InChI is InChI=1S/C21H18BrN3O3/c1-28-21(27)25-11-9-13-7-8-15(22)12-16(13)19(25)20(26)24-17-6-2-4-14-5-3-10-23-18(14)17/h2-8,10,12,19H,9,11H2,1H3,(H,24,26). The number of methoxy groups -OCH3 is 1. The number of hydrogen-bond acceptors (Lipinski definition) is 4. The largest absolute Gasteiger partial charge is 0.453 e. The highest BCUT2D eigenvalue weighted by Gasteiger charge is 2.37. The van der Waals surface area contributed by atoms with Crippen LogP contribution in [0.25, 0.3) is 10.9 Å². The molecule has 0 spiro atoms. The Bertz CT molecular complexity index is 1060. The molecule has 1 atom stereocenters. The Morgan fingerprint density at radius 2 is 2.04 bits per heavy atom. The van der Waals surface area contributed by atoms with Crippen molar-refractivity contribution in [2.24, 2.45) is 0 Å². The molecule has 2 amide bonds. The van der Waals surface area contributed by atoms with Gasteiger partial charge in [0.1, 0.15) is 6.04 Å². The summed E-state index contributed by atoms with van der Waals surface area (Å²) in [5.74, 6) is -0.303. The Kier molecular flexibility index (Phi) is 5.00. The summed E-state index contributed by atoms with van der Waals surface area (Å²) in [5.41, 5.74) is 3.14. The number of halogens is 1. The summed E-state index contributed by atoms with van der Waals surface area (Å²) < 4.78 is 5.77. The third kappa shape index (κ3) is 3.33. The smallest absolute Gasteiger partial charge is 0.410 e. The van der Waals surface area contributed by atoms with Crippen molar-refractivity contribution in [1.29, 1.82) is 0 Å². The Morgan fingerprint density at radius 3 is 2.86 bits per heavy atom. The molecule has 0 aliphatic carbocycles. The summed E-state index contributed by atoms with van der Waals surface area (Å²) in [5, 5.41) is 3.89. The van der Waals surface area contributed by atoms with E-state index >= 15 is 0 Å². The number of carbonyl (C=O) groups is 2. The van der Waals surface area contributed by atoms with Crippen LogP contribution in [0.3, 0.4) is 0 Å². The Morgan fingerprint density at radius 1 is 1.21 bits per heavy atom. The molecule has 28 heavy (non-hydrogen) atoms. The van der Waals surface area contributed by atoms with Crippen LogP contribution in [0.15, 0.2) is 59.2 Å². The van der Waals surface area contributed by atoms with E-state index in [1.54, 1.807) is 12.3 Å². The minimum atomic E-state index is -0.785. The van der Waals surface area contributed by atoms with E-state index in [9.17, 15) is 9.59 Å². The Hall–Kier alpha value is -2.93. The lowest BCUT2D eigenvalue weighted by Crippen LogP contribution is -2.45. The molecule has 2 heterocycles. The van der Waals surface area contributed by atoms with Crippen LogP contribution in [-0.4, -0.2) is 35.5 Å². The number of aromatic nitrogens is 1. The number of carbonyl (C=O) groups excluding carboxylic acids is 2. The van der Waals surface area contributed by atoms with Crippen LogP contribution in [0.5, 0.6) is 0 Å². The van der Waals surface area contributed by atoms with E-state index in [-0.39, 0.29) is 5.91 Å². The first-order chi connectivity index (χ1) is 13.6. The quantitative estimate of drug-likeness (QED) is 0.645. The lowest BCUT2D eigenvalue weighted by molar-refractivity contribution is -0.121. The third-order valence-corrected chi connectivity index (χ3v) is 5.38. The predicted molar refractivity (Wildman–Crippen MR) is 110 cm³/mol. The lowest BCUT2D eigenvalue weighted by Gasteiger charge is -2.35. The Balaban J connectivity index is 1.74. The highest BCUT2D eigenvalue weighted by molar-refractivity contribution is 9.10. The number of anilines is 1. The summed E-state index contributed by atoms with van der Waals surface area (Å²) in [6.07, 6.45) is 1.82. The molecular formula is C21H18BrN3O3. The molecule has 0 radical (unpaired) electrons. The molecule has 1 aliphatic rings. The molecule has 1 aromatic heterocycles. The van der Waals surface area contributed by atoms with Crippen molar-refractivity contribution in [1.82, 2.24) is 9.88 Å². The minimum Gasteiger partial charge on any atom is -0.453 e. The van der Waals surface area contributed by atoms with E-state index < -0.39 is 12.1 Å². The van der Waals surface area contributed by atoms with Crippen molar-refractivity contribution in [3.63, 3.8) is 0 Å². The number of benzene rings is 2. The van der Waals surface area contributed by atoms with Gasteiger partial charge >= 0.3 is 6.09 Å². The van der Waals surface area contributed by atoms with Gasteiger partial charge in [0, 0.05) is 22.6 Å². The van der Waals surface area contributed by atoms with E-state index in [2.05, 4.69) is 26.2 Å². The van der Waals surface area contributed by atoms with Crippen molar-refractivity contribution < 1.29 is 14.3 Å². The van der Waals surface area contributed by atoms with Gasteiger partial charge in [-0.15, -0.1) is 0 Å². The molecule has 7 heteroatoms. The van der Waals surface area contributed by atoms with Crippen molar-refractivity contribution >= 4 is 44.5 Å². The molecule has 3 aromatic rings. The predicted octanol–water partition coefficient (Wildman–Crippen LogP) is 4.30. The minimum absolute atomic E-state index is 0.303. The van der Waals surface area contributed by atoms with Gasteiger partial charge in [0.05, 0.1) is 18.3 Å². The molecule has 6 nitrogen and oxygen atoms in total. The maximum absolute atomic E-state index is 13.3. The van der Waals surface area contributed by atoms with Crippen molar-refractivity contribution in [2.45, 2.75) is 12.5 Å². The summed E-state index contributed by atoms with van der Waals surface area (Å²) in [6, 6.07) is 14.4. The number of amides is 2. The average Bonchev–Trinajstić information content (AvgIpc) is 2.72. The Labute approximate surface area is 170 Å². The second-order valence-corrected chi connectivity index (χ2v) is 7.44. The molecule has 2 aromatic carbocycles. The SMILES string of the molecule is COC(=O)N1CCc2ccc(Br)cc2C1C(=O)Nc1cccc2cccnc12. The van der Waals surface area contributed by atoms with Gasteiger partial charge in [0.15, 0.2) is 0 Å².